The van der Waals surface area contributed by atoms with Crippen LogP contribution in [0.15, 0.2) is 24.3 Å². The molecule has 0 aliphatic heterocycles. The first-order valence-corrected chi connectivity index (χ1v) is 6.65. The summed E-state index contributed by atoms with van der Waals surface area (Å²) in [6.07, 6.45) is 3.84. The lowest BCUT2D eigenvalue weighted by molar-refractivity contribution is 0.208. The van der Waals surface area contributed by atoms with Gasteiger partial charge in [0, 0.05) is 12.6 Å². The molecule has 0 aromatic heterocycles. The molecule has 0 bridgehead atoms. The third kappa shape index (κ3) is 5.22. The molecule has 0 saturated carbocycles. The van der Waals surface area contributed by atoms with Crippen molar-refractivity contribution in [1.29, 1.82) is 0 Å². The fourth-order valence-corrected chi connectivity index (χ4v) is 1.92. The van der Waals surface area contributed by atoms with Gasteiger partial charge in [-0.3, -0.25) is 4.90 Å². The number of aromatic hydroxyl groups is 1. The minimum Gasteiger partial charge on any atom is -0.508 e. The molecule has 1 aromatic carbocycles. The summed E-state index contributed by atoms with van der Waals surface area (Å²) in [7, 11) is 0. The van der Waals surface area contributed by atoms with Gasteiger partial charge in [0.25, 0.3) is 0 Å². The predicted molar refractivity (Wildman–Crippen MR) is 73.2 cm³/mol. The van der Waals surface area contributed by atoms with Crippen LogP contribution >= 0.6 is 0 Å². The van der Waals surface area contributed by atoms with E-state index in [9.17, 15) is 5.11 Å². The van der Waals surface area contributed by atoms with Crippen LogP contribution in [0.25, 0.3) is 0 Å². The third-order valence-electron chi connectivity index (χ3n) is 3.10. The van der Waals surface area contributed by atoms with Gasteiger partial charge < -0.3 is 5.11 Å². The summed E-state index contributed by atoms with van der Waals surface area (Å²) in [5.41, 5.74) is 1.27. The molecule has 0 aliphatic rings. The predicted octanol–water partition coefficient (Wildman–Crippen LogP) is 3.79. The lowest BCUT2D eigenvalue weighted by Crippen LogP contribution is -2.31. The zero-order valence-electron chi connectivity index (χ0n) is 11.3. The minimum absolute atomic E-state index is 0.343. The van der Waals surface area contributed by atoms with Gasteiger partial charge in [0.2, 0.25) is 0 Å². The Morgan fingerprint density at radius 3 is 2.29 bits per heavy atom. The van der Waals surface area contributed by atoms with E-state index in [1.54, 1.807) is 12.1 Å². The zero-order valence-corrected chi connectivity index (χ0v) is 11.3. The highest BCUT2D eigenvalue weighted by molar-refractivity contribution is 5.25. The molecule has 0 unspecified atom stereocenters. The number of hydrogen-bond acceptors (Lipinski definition) is 2. The Hall–Kier alpha value is -1.02. The van der Waals surface area contributed by atoms with E-state index in [4.69, 9.17) is 0 Å². The van der Waals surface area contributed by atoms with Crippen LogP contribution in [0.5, 0.6) is 5.75 Å². The molecule has 0 saturated heterocycles. The van der Waals surface area contributed by atoms with Crippen molar-refractivity contribution in [2.75, 3.05) is 6.54 Å². The van der Waals surface area contributed by atoms with Crippen molar-refractivity contribution in [2.45, 2.75) is 52.6 Å². The van der Waals surface area contributed by atoms with Gasteiger partial charge in [-0.2, -0.15) is 0 Å². The normalized spacial score (nSPS) is 11.4. The summed E-state index contributed by atoms with van der Waals surface area (Å²) >= 11 is 0. The van der Waals surface area contributed by atoms with E-state index in [0.717, 1.165) is 13.1 Å². The van der Waals surface area contributed by atoms with Gasteiger partial charge in [0.1, 0.15) is 5.75 Å². The van der Waals surface area contributed by atoms with Gasteiger partial charge in [0.15, 0.2) is 0 Å². The highest BCUT2D eigenvalue weighted by Crippen LogP contribution is 2.14. The molecule has 0 aliphatic carbocycles. The standard InChI is InChI=1S/C15H25NO/c1-4-5-6-11-16(13(2)3)12-14-7-9-15(17)10-8-14/h7-10,13,17H,4-6,11-12H2,1-3H3. The van der Waals surface area contributed by atoms with Crippen molar-refractivity contribution >= 4 is 0 Å². The molecule has 96 valence electrons. The van der Waals surface area contributed by atoms with E-state index >= 15 is 0 Å². The smallest absolute Gasteiger partial charge is 0.115 e. The summed E-state index contributed by atoms with van der Waals surface area (Å²) in [4.78, 5) is 2.49. The van der Waals surface area contributed by atoms with Crippen LogP contribution in [0.1, 0.15) is 45.6 Å². The molecular weight excluding hydrogens is 210 g/mol. The summed E-state index contributed by atoms with van der Waals surface area (Å²) in [5, 5.41) is 9.26. The van der Waals surface area contributed by atoms with Crippen LogP contribution in [0.2, 0.25) is 0 Å². The number of rotatable bonds is 7. The number of benzene rings is 1. The van der Waals surface area contributed by atoms with Gasteiger partial charge in [-0.25, -0.2) is 0 Å². The lowest BCUT2D eigenvalue weighted by Gasteiger charge is -2.26. The summed E-state index contributed by atoms with van der Waals surface area (Å²) in [6, 6.07) is 8.11. The van der Waals surface area contributed by atoms with Crippen LogP contribution in [0.4, 0.5) is 0 Å². The molecule has 0 amide bonds. The summed E-state index contributed by atoms with van der Waals surface area (Å²) in [6.45, 7) is 8.85. The quantitative estimate of drug-likeness (QED) is 0.727. The van der Waals surface area contributed by atoms with E-state index in [-0.39, 0.29) is 0 Å². The van der Waals surface area contributed by atoms with E-state index in [2.05, 4.69) is 25.7 Å². The van der Waals surface area contributed by atoms with Crippen LogP contribution in [0, 0.1) is 0 Å². The average Bonchev–Trinajstić information content (AvgIpc) is 2.30. The SMILES string of the molecule is CCCCCN(Cc1ccc(O)cc1)C(C)C. The van der Waals surface area contributed by atoms with Gasteiger partial charge >= 0.3 is 0 Å². The second-order valence-electron chi connectivity index (χ2n) is 4.94. The van der Waals surface area contributed by atoms with Crippen molar-refractivity contribution in [3.63, 3.8) is 0 Å². The lowest BCUT2D eigenvalue weighted by atomic mass is 10.1. The first kappa shape index (κ1) is 14.0. The Labute approximate surface area is 105 Å². The van der Waals surface area contributed by atoms with Crippen LogP contribution in [-0.2, 0) is 6.54 Å². The Balaban J connectivity index is 2.51. The highest BCUT2D eigenvalue weighted by atomic mass is 16.3. The topological polar surface area (TPSA) is 23.5 Å². The van der Waals surface area contributed by atoms with E-state index < -0.39 is 0 Å². The van der Waals surface area contributed by atoms with Crippen molar-refractivity contribution in [3.8, 4) is 5.75 Å². The largest absolute Gasteiger partial charge is 0.508 e. The van der Waals surface area contributed by atoms with Gasteiger partial charge in [0.05, 0.1) is 0 Å². The van der Waals surface area contributed by atoms with E-state index in [1.807, 2.05) is 12.1 Å². The van der Waals surface area contributed by atoms with E-state index in [1.165, 1.54) is 24.8 Å². The van der Waals surface area contributed by atoms with Crippen molar-refractivity contribution < 1.29 is 5.11 Å². The Bertz CT molecular complexity index is 305. The first-order valence-electron chi connectivity index (χ1n) is 6.65. The fourth-order valence-electron chi connectivity index (χ4n) is 1.92. The molecule has 2 heteroatoms. The van der Waals surface area contributed by atoms with Crippen LogP contribution in [0.3, 0.4) is 0 Å². The maximum absolute atomic E-state index is 9.26. The Morgan fingerprint density at radius 2 is 1.76 bits per heavy atom. The van der Waals surface area contributed by atoms with Crippen molar-refractivity contribution in [2.24, 2.45) is 0 Å². The molecule has 17 heavy (non-hydrogen) atoms. The van der Waals surface area contributed by atoms with Crippen molar-refractivity contribution in [3.05, 3.63) is 29.8 Å². The first-order chi connectivity index (χ1) is 8.13. The molecule has 2 nitrogen and oxygen atoms in total. The number of unbranched alkanes of at least 4 members (excludes halogenated alkanes) is 2. The number of phenols is 1. The molecule has 0 heterocycles. The summed E-state index contributed by atoms with van der Waals surface area (Å²) in [5.74, 6) is 0.343. The zero-order chi connectivity index (χ0) is 12.7. The molecule has 0 radical (unpaired) electrons. The number of phenolic OH excluding ortho intramolecular Hbond substituents is 1. The van der Waals surface area contributed by atoms with Gasteiger partial charge in [-0.05, 0) is 44.5 Å². The Kier molecular flexibility index (Phi) is 6.06. The molecule has 0 fully saturated rings. The van der Waals surface area contributed by atoms with E-state index in [0.29, 0.717) is 11.8 Å². The number of hydrogen-bond donors (Lipinski definition) is 1. The second-order valence-corrected chi connectivity index (χ2v) is 4.94. The monoisotopic (exact) mass is 235 g/mol. The van der Waals surface area contributed by atoms with Crippen molar-refractivity contribution in [1.82, 2.24) is 4.90 Å². The maximum atomic E-state index is 9.26. The highest BCUT2D eigenvalue weighted by Gasteiger charge is 2.09. The van der Waals surface area contributed by atoms with Gasteiger partial charge in [-0.15, -0.1) is 0 Å². The summed E-state index contributed by atoms with van der Waals surface area (Å²) < 4.78 is 0. The molecule has 1 aromatic rings. The second kappa shape index (κ2) is 7.33. The van der Waals surface area contributed by atoms with Crippen LogP contribution < -0.4 is 0 Å². The molecular formula is C15H25NO. The molecule has 1 N–H and O–H groups in total. The molecule has 1 rings (SSSR count). The van der Waals surface area contributed by atoms with Crippen LogP contribution in [-0.4, -0.2) is 22.6 Å². The third-order valence-corrected chi connectivity index (χ3v) is 3.10. The number of nitrogens with zero attached hydrogens (tertiary/aromatic N) is 1. The molecule has 0 atom stereocenters. The molecule has 0 spiro atoms. The van der Waals surface area contributed by atoms with Gasteiger partial charge in [-0.1, -0.05) is 31.9 Å². The minimum atomic E-state index is 0.343. The average molecular weight is 235 g/mol. The fraction of sp³-hybridized carbons (Fsp3) is 0.600. The Morgan fingerprint density at radius 1 is 1.12 bits per heavy atom. The maximum Gasteiger partial charge on any atom is 0.115 e.